The van der Waals surface area contributed by atoms with Crippen LogP contribution in [0.2, 0.25) is 0 Å². The standard InChI is InChI=1S/C15H18N2O2/c1-5-19-15(18)13-9-14(17(4)16-13)12-7-6-10(2)8-11(12)3/h6-9H,5H2,1-4H3. The van der Waals surface area contributed by atoms with Crippen LogP contribution in [0.4, 0.5) is 0 Å². The molecule has 0 unspecified atom stereocenters. The van der Waals surface area contributed by atoms with E-state index >= 15 is 0 Å². The van der Waals surface area contributed by atoms with Gasteiger partial charge in [-0.3, -0.25) is 4.68 Å². The molecular weight excluding hydrogens is 240 g/mol. The van der Waals surface area contributed by atoms with Gasteiger partial charge in [0.25, 0.3) is 0 Å². The lowest BCUT2D eigenvalue weighted by Crippen LogP contribution is -2.05. The molecule has 0 N–H and O–H groups in total. The number of esters is 1. The second-order valence-electron chi connectivity index (χ2n) is 4.58. The summed E-state index contributed by atoms with van der Waals surface area (Å²) in [5.74, 6) is -0.380. The molecule has 19 heavy (non-hydrogen) atoms. The Morgan fingerprint density at radius 3 is 2.68 bits per heavy atom. The number of hydrogen-bond acceptors (Lipinski definition) is 3. The number of aryl methyl sites for hydroxylation is 3. The van der Waals surface area contributed by atoms with E-state index in [1.54, 1.807) is 17.7 Å². The van der Waals surface area contributed by atoms with Gasteiger partial charge in [-0.25, -0.2) is 4.79 Å². The fraction of sp³-hybridized carbons (Fsp3) is 0.333. The zero-order chi connectivity index (χ0) is 14.0. The van der Waals surface area contributed by atoms with Crippen LogP contribution in [0.15, 0.2) is 24.3 Å². The Bertz CT molecular complexity index is 615. The Morgan fingerprint density at radius 2 is 2.05 bits per heavy atom. The molecule has 0 saturated heterocycles. The van der Waals surface area contributed by atoms with E-state index < -0.39 is 0 Å². The molecular formula is C15H18N2O2. The van der Waals surface area contributed by atoms with E-state index in [0.717, 1.165) is 11.3 Å². The van der Waals surface area contributed by atoms with Gasteiger partial charge in [-0.1, -0.05) is 23.8 Å². The van der Waals surface area contributed by atoms with Crippen molar-refractivity contribution in [2.24, 2.45) is 7.05 Å². The highest BCUT2D eigenvalue weighted by Crippen LogP contribution is 2.24. The van der Waals surface area contributed by atoms with Crippen molar-refractivity contribution < 1.29 is 9.53 Å². The van der Waals surface area contributed by atoms with Crippen LogP contribution in [0.3, 0.4) is 0 Å². The zero-order valence-electron chi connectivity index (χ0n) is 11.7. The minimum atomic E-state index is -0.380. The predicted molar refractivity (Wildman–Crippen MR) is 74.1 cm³/mol. The molecule has 0 bridgehead atoms. The Morgan fingerprint density at radius 1 is 1.32 bits per heavy atom. The predicted octanol–water partition coefficient (Wildman–Crippen LogP) is 2.88. The van der Waals surface area contributed by atoms with E-state index in [-0.39, 0.29) is 5.97 Å². The number of ether oxygens (including phenoxy) is 1. The second kappa shape index (κ2) is 5.26. The number of benzene rings is 1. The Kier molecular flexibility index (Phi) is 3.69. The Hall–Kier alpha value is -2.10. The summed E-state index contributed by atoms with van der Waals surface area (Å²) in [4.78, 5) is 11.7. The minimum absolute atomic E-state index is 0.347. The molecule has 0 atom stereocenters. The first-order chi connectivity index (χ1) is 9.02. The number of nitrogens with zero attached hydrogens (tertiary/aromatic N) is 2. The molecule has 4 heteroatoms. The van der Waals surface area contributed by atoms with Crippen molar-refractivity contribution in [3.63, 3.8) is 0 Å². The van der Waals surface area contributed by atoms with E-state index in [2.05, 4.69) is 37.1 Å². The third kappa shape index (κ3) is 2.67. The third-order valence-corrected chi connectivity index (χ3v) is 3.02. The van der Waals surface area contributed by atoms with Gasteiger partial charge in [0.1, 0.15) is 0 Å². The minimum Gasteiger partial charge on any atom is -0.461 e. The van der Waals surface area contributed by atoms with E-state index in [1.165, 1.54) is 11.1 Å². The van der Waals surface area contributed by atoms with Crippen molar-refractivity contribution >= 4 is 5.97 Å². The fourth-order valence-corrected chi connectivity index (χ4v) is 2.13. The first-order valence-electron chi connectivity index (χ1n) is 6.31. The van der Waals surface area contributed by atoms with Crippen LogP contribution in [-0.4, -0.2) is 22.4 Å². The SMILES string of the molecule is CCOC(=O)c1cc(-c2ccc(C)cc2C)n(C)n1. The van der Waals surface area contributed by atoms with E-state index in [1.807, 2.05) is 7.05 Å². The van der Waals surface area contributed by atoms with Crippen LogP contribution in [0.1, 0.15) is 28.5 Å². The molecule has 1 aromatic heterocycles. The quantitative estimate of drug-likeness (QED) is 0.795. The third-order valence-electron chi connectivity index (χ3n) is 3.02. The highest BCUT2D eigenvalue weighted by atomic mass is 16.5. The topological polar surface area (TPSA) is 44.1 Å². The summed E-state index contributed by atoms with van der Waals surface area (Å²) in [6.07, 6.45) is 0. The van der Waals surface area contributed by atoms with Crippen molar-refractivity contribution in [1.82, 2.24) is 9.78 Å². The molecule has 0 amide bonds. The van der Waals surface area contributed by atoms with Gasteiger partial charge in [0, 0.05) is 12.6 Å². The van der Waals surface area contributed by atoms with Crippen LogP contribution in [0, 0.1) is 13.8 Å². The summed E-state index contributed by atoms with van der Waals surface area (Å²) in [5, 5.41) is 4.21. The molecule has 0 fully saturated rings. The maximum Gasteiger partial charge on any atom is 0.358 e. The molecule has 0 spiro atoms. The number of aromatic nitrogens is 2. The lowest BCUT2D eigenvalue weighted by Gasteiger charge is -2.06. The van der Waals surface area contributed by atoms with Gasteiger partial charge in [0.2, 0.25) is 0 Å². The zero-order valence-corrected chi connectivity index (χ0v) is 11.7. The summed E-state index contributed by atoms with van der Waals surface area (Å²) in [6, 6.07) is 8.00. The van der Waals surface area contributed by atoms with Gasteiger partial charge in [-0.15, -0.1) is 0 Å². The van der Waals surface area contributed by atoms with Crippen LogP contribution < -0.4 is 0 Å². The summed E-state index contributed by atoms with van der Waals surface area (Å²) < 4.78 is 6.68. The molecule has 1 aromatic carbocycles. The van der Waals surface area contributed by atoms with Crippen LogP contribution in [0.5, 0.6) is 0 Å². The molecule has 0 aliphatic carbocycles. The highest BCUT2D eigenvalue weighted by molar-refractivity contribution is 5.88. The first kappa shape index (κ1) is 13.3. The number of hydrogen-bond donors (Lipinski definition) is 0. The van der Waals surface area contributed by atoms with Gasteiger partial charge in [-0.2, -0.15) is 5.10 Å². The molecule has 100 valence electrons. The largest absolute Gasteiger partial charge is 0.461 e. The van der Waals surface area contributed by atoms with Gasteiger partial charge in [0.15, 0.2) is 5.69 Å². The van der Waals surface area contributed by atoms with E-state index in [9.17, 15) is 4.79 Å². The average Bonchev–Trinajstić information content (AvgIpc) is 2.72. The van der Waals surface area contributed by atoms with E-state index in [4.69, 9.17) is 4.74 Å². The van der Waals surface area contributed by atoms with Crippen LogP contribution in [-0.2, 0) is 11.8 Å². The Labute approximate surface area is 113 Å². The molecule has 0 radical (unpaired) electrons. The van der Waals surface area contributed by atoms with Gasteiger partial charge in [-0.05, 0) is 32.4 Å². The maximum atomic E-state index is 11.7. The van der Waals surface area contributed by atoms with Crippen molar-refractivity contribution in [3.8, 4) is 11.3 Å². The monoisotopic (exact) mass is 258 g/mol. The lowest BCUT2D eigenvalue weighted by atomic mass is 10.0. The molecule has 2 rings (SSSR count). The number of rotatable bonds is 3. The highest BCUT2D eigenvalue weighted by Gasteiger charge is 2.15. The van der Waals surface area contributed by atoms with E-state index in [0.29, 0.717) is 12.3 Å². The molecule has 1 heterocycles. The van der Waals surface area contributed by atoms with Crippen molar-refractivity contribution in [1.29, 1.82) is 0 Å². The molecule has 0 saturated carbocycles. The van der Waals surface area contributed by atoms with Crippen LogP contribution in [0.25, 0.3) is 11.3 Å². The summed E-state index contributed by atoms with van der Waals surface area (Å²) in [6.45, 7) is 6.25. The van der Waals surface area contributed by atoms with Gasteiger partial charge < -0.3 is 4.74 Å². The Balaban J connectivity index is 2.43. The molecule has 2 aromatic rings. The normalized spacial score (nSPS) is 10.5. The van der Waals surface area contributed by atoms with Crippen molar-refractivity contribution in [2.45, 2.75) is 20.8 Å². The van der Waals surface area contributed by atoms with Crippen LogP contribution >= 0.6 is 0 Å². The lowest BCUT2D eigenvalue weighted by molar-refractivity contribution is 0.0518. The smallest absolute Gasteiger partial charge is 0.358 e. The fourth-order valence-electron chi connectivity index (χ4n) is 2.13. The van der Waals surface area contributed by atoms with Crippen molar-refractivity contribution in [2.75, 3.05) is 6.61 Å². The number of carbonyl (C=O) groups excluding carboxylic acids is 1. The molecule has 0 aliphatic rings. The summed E-state index contributed by atoms with van der Waals surface area (Å²) in [7, 11) is 1.83. The maximum absolute atomic E-state index is 11.7. The summed E-state index contributed by atoms with van der Waals surface area (Å²) in [5.41, 5.74) is 4.73. The second-order valence-corrected chi connectivity index (χ2v) is 4.58. The van der Waals surface area contributed by atoms with Gasteiger partial charge >= 0.3 is 5.97 Å². The average molecular weight is 258 g/mol. The van der Waals surface area contributed by atoms with Gasteiger partial charge in [0.05, 0.1) is 12.3 Å². The first-order valence-corrected chi connectivity index (χ1v) is 6.31. The summed E-state index contributed by atoms with van der Waals surface area (Å²) >= 11 is 0. The molecule has 0 aliphatic heterocycles. The van der Waals surface area contributed by atoms with Crippen molar-refractivity contribution in [3.05, 3.63) is 41.1 Å². The molecule has 4 nitrogen and oxygen atoms in total. The number of carbonyl (C=O) groups is 1.